The molecule has 0 bridgehead atoms. The standard InChI is InChI=1S/C22H34O2/c1-21-9-6-14(23)12-13(21)2-3-15-16(21)7-10-22-11-8-19-20(24-19)18(22)5-4-17(15)22/h13-20,23H,2-12H2,1H3/t13-,14+,15?,16?,17?,18?,19+,20-,21-,22?/m0/s1. The highest BCUT2D eigenvalue weighted by Gasteiger charge is 2.67. The Kier molecular flexibility index (Phi) is 3.00. The fraction of sp³-hybridized carbons (Fsp3) is 1.00. The highest BCUT2D eigenvalue weighted by Crippen LogP contribution is 2.71. The molecule has 0 aromatic heterocycles. The van der Waals surface area contributed by atoms with Crippen LogP contribution in [0.2, 0.25) is 0 Å². The van der Waals surface area contributed by atoms with E-state index in [9.17, 15) is 5.11 Å². The molecule has 1 N–H and O–H groups in total. The van der Waals surface area contributed by atoms with Crippen molar-refractivity contribution in [1.82, 2.24) is 0 Å². The first kappa shape index (κ1) is 15.0. The minimum atomic E-state index is -0.00675. The van der Waals surface area contributed by atoms with Gasteiger partial charge in [-0.05, 0) is 111 Å². The van der Waals surface area contributed by atoms with Crippen molar-refractivity contribution < 1.29 is 9.84 Å². The largest absolute Gasteiger partial charge is 0.393 e. The van der Waals surface area contributed by atoms with Crippen molar-refractivity contribution >= 4 is 0 Å². The molecule has 1 aliphatic heterocycles. The molecule has 2 heteroatoms. The highest BCUT2D eigenvalue weighted by molar-refractivity contribution is 5.16. The van der Waals surface area contributed by atoms with Gasteiger partial charge < -0.3 is 9.84 Å². The summed E-state index contributed by atoms with van der Waals surface area (Å²) in [6, 6.07) is 0. The molecule has 0 aromatic carbocycles. The van der Waals surface area contributed by atoms with E-state index in [-0.39, 0.29) is 6.10 Å². The zero-order chi connectivity index (χ0) is 16.1. The Bertz CT molecular complexity index is 546. The van der Waals surface area contributed by atoms with Crippen molar-refractivity contribution in [1.29, 1.82) is 0 Å². The smallest absolute Gasteiger partial charge is 0.0875 e. The molecule has 10 atom stereocenters. The topological polar surface area (TPSA) is 32.8 Å². The molecule has 1 spiro atoms. The van der Waals surface area contributed by atoms with Crippen LogP contribution in [0.4, 0.5) is 0 Å². The number of aliphatic hydroxyl groups is 1. The van der Waals surface area contributed by atoms with E-state index in [1.807, 2.05) is 0 Å². The summed E-state index contributed by atoms with van der Waals surface area (Å²) in [5.41, 5.74) is 1.21. The van der Waals surface area contributed by atoms with Crippen LogP contribution in [0.3, 0.4) is 0 Å². The van der Waals surface area contributed by atoms with Crippen LogP contribution in [0.25, 0.3) is 0 Å². The zero-order valence-electron chi connectivity index (χ0n) is 15.3. The van der Waals surface area contributed by atoms with Crippen LogP contribution in [-0.2, 0) is 4.74 Å². The lowest BCUT2D eigenvalue weighted by Crippen LogP contribution is -2.55. The van der Waals surface area contributed by atoms with Crippen molar-refractivity contribution in [3.05, 3.63) is 0 Å². The Morgan fingerprint density at radius 2 is 1.67 bits per heavy atom. The maximum atomic E-state index is 10.2. The van der Waals surface area contributed by atoms with Crippen molar-refractivity contribution in [2.75, 3.05) is 0 Å². The van der Waals surface area contributed by atoms with Crippen LogP contribution in [-0.4, -0.2) is 23.4 Å². The van der Waals surface area contributed by atoms with Crippen molar-refractivity contribution in [2.45, 2.75) is 95.9 Å². The van der Waals surface area contributed by atoms with Gasteiger partial charge in [0.25, 0.3) is 0 Å². The van der Waals surface area contributed by atoms with E-state index < -0.39 is 0 Å². The number of hydrogen-bond acceptors (Lipinski definition) is 2. The first-order chi connectivity index (χ1) is 11.6. The molecule has 1 saturated heterocycles. The second kappa shape index (κ2) is 4.80. The first-order valence-electron chi connectivity index (χ1n) is 11.0. The average molecular weight is 331 g/mol. The van der Waals surface area contributed by atoms with E-state index in [0.717, 1.165) is 42.4 Å². The minimum absolute atomic E-state index is 0.00675. The number of ether oxygens (including phenoxy) is 1. The van der Waals surface area contributed by atoms with Crippen LogP contribution in [0.15, 0.2) is 0 Å². The summed E-state index contributed by atoms with van der Waals surface area (Å²) in [4.78, 5) is 0. The summed E-state index contributed by atoms with van der Waals surface area (Å²) in [5.74, 6) is 4.68. The van der Waals surface area contributed by atoms with Crippen molar-refractivity contribution in [3.63, 3.8) is 0 Å². The van der Waals surface area contributed by atoms with Gasteiger partial charge in [-0.1, -0.05) is 6.92 Å². The van der Waals surface area contributed by atoms with Gasteiger partial charge in [0.05, 0.1) is 18.3 Å². The number of fused-ring (bicyclic) bond motifs is 6. The van der Waals surface area contributed by atoms with Crippen molar-refractivity contribution in [3.8, 4) is 0 Å². The van der Waals surface area contributed by atoms with Crippen LogP contribution >= 0.6 is 0 Å². The predicted molar refractivity (Wildman–Crippen MR) is 93.4 cm³/mol. The molecule has 5 saturated carbocycles. The van der Waals surface area contributed by atoms with Crippen molar-refractivity contribution in [2.24, 2.45) is 40.4 Å². The Labute approximate surface area is 146 Å². The van der Waals surface area contributed by atoms with Crippen LogP contribution in [0.1, 0.15) is 77.6 Å². The number of epoxide rings is 1. The Morgan fingerprint density at radius 1 is 0.833 bits per heavy atom. The molecule has 5 unspecified atom stereocenters. The third-order valence-electron chi connectivity index (χ3n) is 10.3. The zero-order valence-corrected chi connectivity index (χ0v) is 15.3. The fourth-order valence-electron chi connectivity index (χ4n) is 9.23. The van der Waals surface area contributed by atoms with E-state index >= 15 is 0 Å². The molecular weight excluding hydrogens is 296 g/mol. The van der Waals surface area contributed by atoms with E-state index in [1.165, 1.54) is 57.8 Å². The predicted octanol–water partition coefficient (Wildman–Crippen LogP) is 4.55. The molecule has 134 valence electrons. The summed E-state index contributed by atoms with van der Waals surface area (Å²) in [6.45, 7) is 2.62. The molecule has 0 amide bonds. The van der Waals surface area contributed by atoms with E-state index in [1.54, 1.807) is 0 Å². The second-order valence-corrected chi connectivity index (χ2v) is 10.7. The van der Waals surface area contributed by atoms with Gasteiger partial charge in [-0.2, -0.15) is 0 Å². The van der Waals surface area contributed by atoms with Gasteiger partial charge in [0, 0.05) is 0 Å². The summed E-state index contributed by atoms with van der Waals surface area (Å²) >= 11 is 0. The number of aliphatic hydroxyl groups excluding tert-OH is 1. The summed E-state index contributed by atoms with van der Waals surface area (Å²) in [5, 5.41) is 10.2. The average Bonchev–Trinajstić information content (AvgIpc) is 3.26. The summed E-state index contributed by atoms with van der Waals surface area (Å²) in [7, 11) is 0. The third-order valence-corrected chi connectivity index (χ3v) is 10.3. The van der Waals surface area contributed by atoms with Gasteiger partial charge >= 0.3 is 0 Å². The Hall–Kier alpha value is -0.0800. The summed E-state index contributed by atoms with van der Waals surface area (Å²) in [6.07, 6.45) is 16.4. The lowest BCUT2D eigenvalue weighted by Gasteiger charge is -2.62. The SMILES string of the molecule is C[C@]12CC[C@@H](O)C[C@@H]1CCC1C3CCC4[C@@H]5O[C@@H]5CCC34CCC12. The molecule has 0 aromatic rings. The van der Waals surface area contributed by atoms with Crippen LogP contribution in [0, 0.1) is 40.4 Å². The molecule has 6 rings (SSSR count). The molecule has 6 aliphatic rings. The molecule has 24 heavy (non-hydrogen) atoms. The quantitative estimate of drug-likeness (QED) is 0.661. The maximum Gasteiger partial charge on any atom is 0.0875 e. The second-order valence-electron chi connectivity index (χ2n) is 10.7. The molecule has 2 nitrogen and oxygen atoms in total. The lowest BCUT2D eigenvalue weighted by molar-refractivity contribution is -0.134. The van der Waals surface area contributed by atoms with Gasteiger partial charge in [-0.3, -0.25) is 0 Å². The van der Waals surface area contributed by atoms with E-state index in [0.29, 0.717) is 23.0 Å². The highest BCUT2D eigenvalue weighted by atomic mass is 16.6. The van der Waals surface area contributed by atoms with Gasteiger partial charge in [-0.15, -0.1) is 0 Å². The van der Waals surface area contributed by atoms with Gasteiger partial charge in [0.1, 0.15) is 0 Å². The summed E-state index contributed by atoms with van der Waals surface area (Å²) < 4.78 is 6.06. The minimum Gasteiger partial charge on any atom is -0.393 e. The van der Waals surface area contributed by atoms with Crippen LogP contribution < -0.4 is 0 Å². The van der Waals surface area contributed by atoms with Gasteiger partial charge in [-0.25, -0.2) is 0 Å². The third kappa shape index (κ3) is 1.76. The Morgan fingerprint density at radius 3 is 2.58 bits per heavy atom. The normalized spacial score (nSPS) is 64.2. The number of rotatable bonds is 0. The molecular formula is C22H34O2. The monoisotopic (exact) mass is 330 g/mol. The molecule has 0 radical (unpaired) electrons. The van der Waals surface area contributed by atoms with Crippen LogP contribution in [0.5, 0.6) is 0 Å². The molecule has 5 aliphatic carbocycles. The van der Waals surface area contributed by atoms with Gasteiger partial charge in [0.15, 0.2) is 0 Å². The number of hydrogen-bond donors (Lipinski definition) is 1. The lowest BCUT2D eigenvalue weighted by atomic mass is 9.43. The van der Waals surface area contributed by atoms with Gasteiger partial charge in [0.2, 0.25) is 0 Å². The first-order valence-corrected chi connectivity index (χ1v) is 11.0. The molecule has 1 heterocycles. The Balaban J connectivity index is 1.32. The molecule has 6 fully saturated rings. The van der Waals surface area contributed by atoms with E-state index in [4.69, 9.17) is 4.74 Å². The fourth-order valence-corrected chi connectivity index (χ4v) is 9.23. The van der Waals surface area contributed by atoms with E-state index in [2.05, 4.69) is 6.92 Å². The maximum absolute atomic E-state index is 10.2.